The van der Waals surface area contributed by atoms with E-state index in [2.05, 4.69) is 5.32 Å². The molecule has 2 aromatic carbocycles. The zero-order chi connectivity index (χ0) is 24.3. The van der Waals surface area contributed by atoms with E-state index in [-0.39, 0.29) is 27.5 Å². The Morgan fingerprint density at radius 1 is 1.18 bits per heavy atom. The summed E-state index contributed by atoms with van der Waals surface area (Å²) < 4.78 is 51.1. The number of rotatable bonds is 8. The van der Waals surface area contributed by atoms with Crippen LogP contribution < -0.4 is 5.32 Å². The molecule has 3 rings (SSSR count). The molecule has 176 valence electrons. The molecule has 0 aliphatic carbocycles. The second kappa shape index (κ2) is 9.96. The molecular formula is C22H23FN2O6S2. The molecule has 0 unspecified atom stereocenters. The molecule has 1 heterocycles. The number of carbonyl (C=O) groups is 2. The lowest BCUT2D eigenvalue weighted by Crippen LogP contribution is -2.24. The van der Waals surface area contributed by atoms with Gasteiger partial charge >= 0.3 is 5.97 Å². The first kappa shape index (κ1) is 24.8. The molecule has 0 fully saturated rings. The van der Waals surface area contributed by atoms with E-state index in [0.717, 1.165) is 15.6 Å². The third-order valence-corrected chi connectivity index (χ3v) is 7.94. The van der Waals surface area contributed by atoms with E-state index in [0.29, 0.717) is 15.8 Å². The summed E-state index contributed by atoms with van der Waals surface area (Å²) in [5.74, 6) is -1.91. The van der Waals surface area contributed by atoms with Crippen LogP contribution >= 0.6 is 11.3 Å². The van der Waals surface area contributed by atoms with E-state index in [1.165, 1.54) is 33.3 Å². The van der Waals surface area contributed by atoms with Gasteiger partial charge < -0.3 is 14.8 Å². The second-order valence-corrected chi connectivity index (χ2v) is 10.5. The number of carbonyl (C=O) groups excluding carboxylic acids is 2. The third-order valence-electron chi connectivity index (χ3n) is 4.80. The van der Waals surface area contributed by atoms with Gasteiger partial charge in [-0.15, -0.1) is 11.3 Å². The number of nitrogens with zero attached hydrogens (tertiary/aromatic N) is 1. The summed E-state index contributed by atoms with van der Waals surface area (Å²) in [4.78, 5) is 25.2. The van der Waals surface area contributed by atoms with Crippen molar-refractivity contribution in [2.24, 2.45) is 0 Å². The van der Waals surface area contributed by atoms with Crippen LogP contribution in [0.1, 0.15) is 20.8 Å². The van der Waals surface area contributed by atoms with Crippen LogP contribution in [0.3, 0.4) is 0 Å². The Morgan fingerprint density at radius 3 is 2.58 bits per heavy atom. The highest BCUT2D eigenvalue weighted by molar-refractivity contribution is 7.89. The molecule has 0 aliphatic heterocycles. The minimum atomic E-state index is -3.70. The minimum Gasteiger partial charge on any atom is -0.451 e. The summed E-state index contributed by atoms with van der Waals surface area (Å²) in [7, 11) is 0.559. The number of sulfonamides is 1. The number of methoxy groups -OCH3 is 1. The number of halogens is 1. The summed E-state index contributed by atoms with van der Waals surface area (Å²) in [6.45, 7) is 1.05. The first-order chi connectivity index (χ1) is 15.6. The topological polar surface area (TPSA) is 102 Å². The number of anilines is 1. The van der Waals surface area contributed by atoms with Gasteiger partial charge in [0, 0.05) is 42.5 Å². The zero-order valence-electron chi connectivity index (χ0n) is 18.5. The largest absolute Gasteiger partial charge is 0.451 e. The minimum absolute atomic E-state index is 0.00402. The van der Waals surface area contributed by atoms with Crippen LogP contribution in [0.4, 0.5) is 10.1 Å². The maximum Gasteiger partial charge on any atom is 0.349 e. The number of esters is 1. The van der Waals surface area contributed by atoms with Crippen LogP contribution in [0.15, 0.2) is 41.3 Å². The molecule has 0 atom stereocenters. The molecule has 0 saturated carbocycles. The van der Waals surface area contributed by atoms with Gasteiger partial charge in [-0.3, -0.25) is 4.79 Å². The Labute approximate surface area is 195 Å². The number of fused-ring (bicyclic) bond motifs is 1. The zero-order valence-corrected chi connectivity index (χ0v) is 20.1. The van der Waals surface area contributed by atoms with Crippen LogP contribution in [0.2, 0.25) is 0 Å². The molecule has 33 heavy (non-hydrogen) atoms. The van der Waals surface area contributed by atoms with Crippen LogP contribution in [-0.4, -0.2) is 52.4 Å². The molecule has 1 N–H and O–H groups in total. The smallest absolute Gasteiger partial charge is 0.349 e. The van der Waals surface area contributed by atoms with Crippen molar-refractivity contribution in [3.8, 4) is 0 Å². The van der Waals surface area contributed by atoms with Crippen molar-refractivity contribution in [3.63, 3.8) is 0 Å². The Hall–Kier alpha value is -2.86. The Kier molecular flexibility index (Phi) is 7.48. The molecule has 0 aliphatic rings. The quantitative estimate of drug-likeness (QED) is 0.481. The van der Waals surface area contributed by atoms with Gasteiger partial charge in [-0.1, -0.05) is 12.1 Å². The van der Waals surface area contributed by atoms with E-state index < -0.39 is 34.3 Å². The van der Waals surface area contributed by atoms with E-state index in [4.69, 9.17) is 9.47 Å². The number of hydrogen-bond acceptors (Lipinski definition) is 7. The monoisotopic (exact) mass is 494 g/mol. The van der Waals surface area contributed by atoms with Crippen molar-refractivity contribution < 1.29 is 31.9 Å². The van der Waals surface area contributed by atoms with Crippen LogP contribution in [0, 0.1) is 12.7 Å². The lowest BCUT2D eigenvalue weighted by molar-refractivity contribution is -0.119. The molecule has 0 bridgehead atoms. The maximum atomic E-state index is 14.3. The fourth-order valence-electron chi connectivity index (χ4n) is 3.16. The molecule has 0 saturated heterocycles. The number of thiophene rings is 1. The molecule has 0 spiro atoms. The Balaban J connectivity index is 1.74. The van der Waals surface area contributed by atoms with Crippen molar-refractivity contribution in [1.29, 1.82) is 0 Å². The van der Waals surface area contributed by atoms with Gasteiger partial charge in [-0.05, 0) is 36.8 Å². The van der Waals surface area contributed by atoms with Crippen LogP contribution in [0.25, 0.3) is 10.1 Å². The van der Waals surface area contributed by atoms with Crippen LogP contribution in [-0.2, 0) is 30.9 Å². The maximum absolute atomic E-state index is 14.3. The van der Waals surface area contributed by atoms with Crippen LogP contribution in [0.5, 0.6) is 0 Å². The average Bonchev–Trinajstić information content (AvgIpc) is 3.13. The molecule has 0 radical (unpaired) electrons. The summed E-state index contributed by atoms with van der Waals surface area (Å²) in [5, 5.41) is 2.81. The van der Waals surface area contributed by atoms with E-state index >= 15 is 0 Å². The van der Waals surface area contributed by atoms with Gasteiger partial charge in [0.2, 0.25) is 10.0 Å². The van der Waals surface area contributed by atoms with Gasteiger partial charge in [0.25, 0.3) is 5.91 Å². The average molecular weight is 495 g/mol. The standard InChI is InChI=1S/C22H23FN2O6S2/c1-13-8-9-14(10-18(13)33(28,29)25(2)3)24-19(26)12-31-22(27)21-15(11-30-4)20-16(23)6-5-7-17(20)32-21/h5-10H,11-12H2,1-4H3,(H,24,26). The summed E-state index contributed by atoms with van der Waals surface area (Å²) in [6, 6.07) is 8.98. The lowest BCUT2D eigenvalue weighted by Gasteiger charge is -2.15. The van der Waals surface area contributed by atoms with E-state index in [1.807, 2.05) is 0 Å². The molecular weight excluding hydrogens is 471 g/mol. The number of hydrogen-bond donors (Lipinski definition) is 1. The normalized spacial score (nSPS) is 11.7. The summed E-state index contributed by atoms with van der Waals surface area (Å²) in [5.41, 5.74) is 1.12. The SMILES string of the molecule is COCc1c(C(=O)OCC(=O)Nc2ccc(C)c(S(=O)(=O)N(C)C)c2)sc2cccc(F)c12. The number of aryl methyl sites for hydroxylation is 1. The van der Waals surface area contributed by atoms with E-state index in [1.54, 1.807) is 31.2 Å². The second-order valence-electron chi connectivity index (χ2n) is 7.35. The van der Waals surface area contributed by atoms with Gasteiger partial charge in [0.1, 0.15) is 10.7 Å². The first-order valence-corrected chi connectivity index (χ1v) is 12.0. The molecule has 3 aromatic rings. The summed E-state index contributed by atoms with van der Waals surface area (Å²) >= 11 is 1.05. The van der Waals surface area contributed by atoms with E-state index in [9.17, 15) is 22.4 Å². The highest BCUT2D eigenvalue weighted by Crippen LogP contribution is 2.34. The fourth-order valence-corrected chi connectivity index (χ4v) is 5.42. The highest BCUT2D eigenvalue weighted by atomic mass is 32.2. The number of nitrogens with one attached hydrogen (secondary N) is 1. The predicted octanol–water partition coefficient (Wildman–Crippen LogP) is 3.54. The van der Waals surface area contributed by atoms with Gasteiger partial charge in [-0.25, -0.2) is 21.9 Å². The molecule has 11 heteroatoms. The van der Waals surface area contributed by atoms with Crippen molar-refractivity contribution in [3.05, 3.63) is 58.2 Å². The lowest BCUT2D eigenvalue weighted by atomic mass is 10.1. The Bertz CT molecular complexity index is 1320. The van der Waals surface area contributed by atoms with Crippen molar-refractivity contribution in [1.82, 2.24) is 4.31 Å². The molecule has 8 nitrogen and oxygen atoms in total. The first-order valence-electron chi connectivity index (χ1n) is 9.75. The fraction of sp³-hybridized carbons (Fsp3) is 0.273. The van der Waals surface area contributed by atoms with Crippen molar-refractivity contribution in [2.75, 3.05) is 33.1 Å². The Morgan fingerprint density at radius 2 is 1.91 bits per heavy atom. The molecule has 1 aromatic heterocycles. The molecule has 1 amide bonds. The van der Waals surface area contributed by atoms with Crippen molar-refractivity contribution >= 4 is 49.0 Å². The summed E-state index contributed by atoms with van der Waals surface area (Å²) in [6.07, 6.45) is 0. The third kappa shape index (κ3) is 5.22. The number of ether oxygens (including phenoxy) is 2. The van der Waals surface area contributed by atoms with Gasteiger partial charge in [0.05, 0.1) is 11.5 Å². The van der Waals surface area contributed by atoms with Crippen molar-refractivity contribution in [2.45, 2.75) is 18.4 Å². The predicted molar refractivity (Wildman–Crippen MR) is 123 cm³/mol. The highest BCUT2D eigenvalue weighted by Gasteiger charge is 2.23. The number of amides is 1. The van der Waals surface area contributed by atoms with Gasteiger partial charge in [-0.2, -0.15) is 0 Å². The number of benzene rings is 2. The van der Waals surface area contributed by atoms with Gasteiger partial charge in [0.15, 0.2) is 6.61 Å².